The molecule has 0 N–H and O–H groups in total. The minimum absolute atomic E-state index is 0.162. The highest BCUT2D eigenvalue weighted by Crippen LogP contribution is 2.25. The van der Waals surface area contributed by atoms with E-state index in [1.165, 1.54) is 21.4 Å². The Morgan fingerprint density at radius 3 is 2.67 bits per heavy atom. The first kappa shape index (κ1) is 15.9. The van der Waals surface area contributed by atoms with Crippen molar-refractivity contribution in [1.29, 1.82) is 0 Å². The number of aryl methyl sites for hydroxylation is 3. The SMILES string of the molecule is Cc1ccc(N(C)S(=O)(=O)c2cnn(CCCl)c2)c(C)c1. The Morgan fingerprint density at radius 2 is 2.05 bits per heavy atom. The van der Waals surface area contributed by atoms with E-state index in [0.717, 1.165) is 11.1 Å². The lowest BCUT2D eigenvalue weighted by Gasteiger charge is -2.20. The third-order valence-corrected chi connectivity index (χ3v) is 5.17. The fourth-order valence-corrected chi connectivity index (χ4v) is 3.52. The summed E-state index contributed by atoms with van der Waals surface area (Å²) in [6.07, 6.45) is 2.85. The summed E-state index contributed by atoms with van der Waals surface area (Å²) in [5.41, 5.74) is 2.66. The van der Waals surface area contributed by atoms with Crippen molar-refractivity contribution in [2.24, 2.45) is 0 Å². The minimum Gasteiger partial charge on any atom is -0.270 e. The predicted molar refractivity (Wildman–Crippen MR) is 84.5 cm³/mol. The number of rotatable bonds is 5. The normalized spacial score (nSPS) is 11.6. The van der Waals surface area contributed by atoms with Crippen molar-refractivity contribution < 1.29 is 8.42 Å². The zero-order chi connectivity index (χ0) is 15.6. The van der Waals surface area contributed by atoms with Crippen molar-refractivity contribution >= 4 is 27.3 Å². The smallest absolute Gasteiger partial charge is 0.267 e. The molecule has 0 radical (unpaired) electrons. The van der Waals surface area contributed by atoms with E-state index in [4.69, 9.17) is 11.6 Å². The Kier molecular flexibility index (Phi) is 4.58. The predicted octanol–water partition coefficient (Wildman–Crippen LogP) is 2.56. The van der Waals surface area contributed by atoms with E-state index >= 15 is 0 Å². The van der Waals surface area contributed by atoms with Crippen LogP contribution < -0.4 is 4.31 Å². The number of nitrogens with zero attached hydrogens (tertiary/aromatic N) is 3. The van der Waals surface area contributed by atoms with Crippen LogP contribution in [-0.2, 0) is 16.6 Å². The molecule has 114 valence electrons. The fourth-order valence-electron chi connectivity index (χ4n) is 2.13. The molecule has 0 unspecified atom stereocenters. The second-order valence-electron chi connectivity index (χ2n) is 4.89. The number of hydrogen-bond acceptors (Lipinski definition) is 3. The Balaban J connectivity index is 2.37. The third-order valence-electron chi connectivity index (χ3n) is 3.27. The van der Waals surface area contributed by atoms with Crippen LogP contribution >= 0.6 is 11.6 Å². The lowest BCUT2D eigenvalue weighted by Crippen LogP contribution is -2.27. The van der Waals surface area contributed by atoms with E-state index < -0.39 is 10.0 Å². The summed E-state index contributed by atoms with van der Waals surface area (Å²) in [5.74, 6) is 0.383. The maximum atomic E-state index is 12.6. The monoisotopic (exact) mass is 327 g/mol. The summed E-state index contributed by atoms with van der Waals surface area (Å²) in [6, 6.07) is 5.66. The van der Waals surface area contributed by atoms with Crippen LogP contribution in [0.5, 0.6) is 0 Å². The fraction of sp³-hybridized carbons (Fsp3) is 0.357. The Hall–Kier alpha value is -1.53. The molecule has 0 saturated heterocycles. The highest BCUT2D eigenvalue weighted by molar-refractivity contribution is 7.92. The maximum absolute atomic E-state index is 12.6. The number of sulfonamides is 1. The van der Waals surface area contributed by atoms with Gasteiger partial charge in [0.05, 0.1) is 18.4 Å². The van der Waals surface area contributed by atoms with Crippen molar-refractivity contribution in [3.05, 3.63) is 41.7 Å². The lowest BCUT2D eigenvalue weighted by molar-refractivity contribution is 0.593. The molecule has 0 aliphatic rings. The summed E-state index contributed by atoms with van der Waals surface area (Å²) >= 11 is 5.63. The van der Waals surface area contributed by atoms with E-state index in [0.29, 0.717) is 18.1 Å². The number of halogens is 1. The molecule has 0 aliphatic carbocycles. The van der Waals surface area contributed by atoms with Gasteiger partial charge in [0.15, 0.2) is 0 Å². The summed E-state index contributed by atoms with van der Waals surface area (Å²) in [6.45, 7) is 4.34. The molecule has 7 heteroatoms. The second-order valence-corrected chi connectivity index (χ2v) is 7.24. The van der Waals surface area contributed by atoms with Crippen molar-refractivity contribution in [2.45, 2.75) is 25.3 Å². The van der Waals surface area contributed by atoms with Gasteiger partial charge in [-0.2, -0.15) is 5.10 Å². The summed E-state index contributed by atoms with van der Waals surface area (Å²) < 4.78 is 28.1. The van der Waals surface area contributed by atoms with Gasteiger partial charge in [0.1, 0.15) is 4.90 Å². The van der Waals surface area contributed by atoms with Crippen LogP contribution in [0.4, 0.5) is 5.69 Å². The Bertz CT molecular complexity index is 740. The zero-order valence-electron chi connectivity index (χ0n) is 12.2. The molecule has 0 bridgehead atoms. The zero-order valence-corrected chi connectivity index (χ0v) is 13.8. The molecule has 1 aromatic heterocycles. The van der Waals surface area contributed by atoms with Gasteiger partial charge in [0.2, 0.25) is 0 Å². The quantitative estimate of drug-likeness (QED) is 0.793. The Labute approximate surface area is 130 Å². The summed E-state index contributed by atoms with van der Waals surface area (Å²) in [4.78, 5) is 0.162. The first-order valence-corrected chi connectivity index (χ1v) is 8.48. The summed E-state index contributed by atoms with van der Waals surface area (Å²) in [7, 11) is -2.07. The van der Waals surface area contributed by atoms with Gasteiger partial charge in [-0.3, -0.25) is 8.99 Å². The van der Waals surface area contributed by atoms with Gasteiger partial charge in [0, 0.05) is 19.1 Å². The highest BCUT2D eigenvalue weighted by atomic mass is 35.5. The van der Waals surface area contributed by atoms with Crippen molar-refractivity contribution in [3.63, 3.8) is 0 Å². The third kappa shape index (κ3) is 3.22. The van der Waals surface area contributed by atoms with E-state index in [1.807, 2.05) is 32.0 Å². The molecule has 0 amide bonds. The average molecular weight is 328 g/mol. The van der Waals surface area contributed by atoms with Gasteiger partial charge in [-0.15, -0.1) is 11.6 Å². The van der Waals surface area contributed by atoms with Gasteiger partial charge in [-0.05, 0) is 25.5 Å². The molecular weight excluding hydrogens is 310 g/mol. The van der Waals surface area contributed by atoms with Gasteiger partial charge in [-0.25, -0.2) is 8.42 Å². The number of aromatic nitrogens is 2. The van der Waals surface area contributed by atoms with Crippen LogP contribution in [0.15, 0.2) is 35.5 Å². The molecule has 5 nitrogen and oxygen atoms in total. The molecule has 0 fully saturated rings. The van der Waals surface area contributed by atoms with Gasteiger partial charge < -0.3 is 0 Å². The van der Waals surface area contributed by atoms with E-state index in [1.54, 1.807) is 7.05 Å². The molecule has 0 spiro atoms. The van der Waals surface area contributed by atoms with Crippen LogP contribution in [-0.4, -0.2) is 31.1 Å². The Morgan fingerprint density at radius 1 is 1.33 bits per heavy atom. The lowest BCUT2D eigenvalue weighted by atomic mass is 10.1. The standard InChI is InChI=1S/C14H18ClN3O2S/c1-11-4-5-14(12(2)8-11)17(3)21(19,20)13-9-16-18(10-13)7-6-15/h4-5,8-10H,6-7H2,1-3H3. The van der Waals surface area contributed by atoms with E-state index in [9.17, 15) is 8.42 Å². The number of benzene rings is 1. The molecule has 1 heterocycles. The molecule has 0 atom stereocenters. The average Bonchev–Trinajstić information content (AvgIpc) is 2.88. The van der Waals surface area contributed by atoms with Crippen molar-refractivity contribution in [1.82, 2.24) is 9.78 Å². The van der Waals surface area contributed by atoms with Crippen LogP contribution in [0, 0.1) is 13.8 Å². The number of alkyl halides is 1. The molecule has 0 saturated carbocycles. The van der Waals surface area contributed by atoms with Crippen molar-refractivity contribution in [2.75, 3.05) is 17.2 Å². The molecule has 1 aromatic carbocycles. The molecule has 2 rings (SSSR count). The molecule has 0 aliphatic heterocycles. The topological polar surface area (TPSA) is 55.2 Å². The van der Waals surface area contributed by atoms with E-state index in [2.05, 4.69) is 5.10 Å². The van der Waals surface area contributed by atoms with E-state index in [-0.39, 0.29) is 4.90 Å². The highest BCUT2D eigenvalue weighted by Gasteiger charge is 2.24. The molecular formula is C14H18ClN3O2S. The first-order chi connectivity index (χ1) is 9.86. The number of anilines is 1. The number of hydrogen-bond donors (Lipinski definition) is 0. The van der Waals surface area contributed by atoms with Crippen LogP contribution in [0.25, 0.3) is 0 Å². The van der Waals surface area contributed by atoms with Gasteiger partial charge in [-0.1, -0.05) is 17.7 Å². The van der Waals surface area contributed by atoms with Crippen LogP contribution in [0.2, 0.25) is 0 Å². The molecule has 21 heavy (non-hydrogen) atoms. The van der Waals surface area contributed by atoms with Gasteiger partial charge in [0.25, 0.3) is 10.0 Å². The largest absolute Gasteiger partial charge is 0.270 e. The first-order valence-electron chi connectivity index (χ1n) is 6.51. The van der Waals surface area contributed by atoms with Crippen LogP contribution in [0.3, 0.4) is 0 Å². The maximum Gasteiger partial charge on any atom is 0.267 e. The summed E-state index contributed by atoms with van der Waals surface area (Å²) in [5, 5.41) is 4.01. The second kappa shape index (κ2) is 6.07. The molecule has 2 aromatic rings. The minimum atomic E-state index is -3.62. The van der Waals surface area contributed by atoms with Crippen molar-refractivity contribution in [3.8, 4) is 0 Å². The van der Waals surface area contributed by atoms with Gasteiger partial charge >= 0.3 is 0 Å². The van der Waals surface area contributed by atoms with Crippen LogP contribution in [0.1, 0.15) is 11.1 Å².